The fourth-order valence-corrected chi connectivity index (χ4v) is 2.60. The Morgan fingerprint density at radius 2 is 1.92 bits per heavy atom. The van der Waals surface area contributed by atoms with Gasteiger partial charge in [0, 0.05) is 18.1 Å². The number of rotatable bonds is 5. The van der Waals surface area contributed by atoms with Crippen LogP contribution in [-0.2, 0) is 7.05 Å². The first-order valence-electron chi connectivity index (χ1n) is 7.84. The number of nitrogens with zero attached hydrogens (tertiary/aromatic N) is 1. The average molecular weight is 338 g/mol. The minimum absolute atomic E-state index is 0.0539. The number of nitrogens with one attached hydrogen (secondary N) is 1. The number of anilines is 1. The molecule has 3 rings (SSSR count). The first-order chi connectivity index (χ1) is 12.1. The van der Waals surface area contributed by atoms with Gasteiger partial charge in [-0.25, -0.2) is 0 Å². The highest BCUT2D eigenvalue weighted by Gasteiger charge is 2.15. The lowest BCUT2D eigenvalue weighted by molar-refractivity contribution is 0.102. The zero-order valence-corrected chi connectivity index (χ0v) is 13.7. The van der Waals surface area contributed by atoms with Crippen LogP contribution < -0.4 is 15.6 Å². The summed E-state index contributed by atoms with van der Waals surface area (Å²) in [5.74, 6) is 0.102. The largest absolute Gasteiger partial charge is 0.491 e. The maximum Gasteiger partial charge on any atom is 0.263 e. The van der Waals surface area contributed by atoms with Crippen molar-refractivity contribution in [3.63, 3.8) is 0 Å². The Kier molecular flexibility index (Phi) is 4.81. The number of aryl methyl sites for hydroxylation is 1. The zero-order valence-electron chi connectivity index (χ0n) is 13.7. The topological polar surface area (TPSA) is 80.6 Å². The second-order valence-corrected chi connectivity index (χ2v) is 5.54. The Morgan fingerprint density at radius 1 is 1.16 bits per heavy atom. The summed E-state index contributed by atoms with van der Waals surface area (Å²) in [7, 11) is 1.62. The van der Waals surface area contributed by atoms with E-state index in [9.17, 15) is 9.59 Å². The summed E-state index contributed by atoms with van der Waals surface area (Å²) in [6, 6.07) is 15.7. The number of pyridine rings is 1. The fourth-order valence-electron chi connectivity index (χ4n) is 2.60. The van der Waals surface area contributed by atoms with Crippen LogP contribution >= 0.6 is 0 Å². The molecule has 6 heteroatoms. The normalized spacial score (nSPS) is 10.6. The summed E-state index contributed by atoms with van der Waals surface area (Å²) in [4.78, 5) is 25.0. The first kappa shape index (κ1) is 16.7. The Labute approximate surface area is 144 Å². The lowest BCUT2D eigenvalue weighted by Crippen LogP contribution is -2.27. The molecule has 0 bridgehead atoms. The molecule has 3 aromatic rings. The van der Waals surface area contributed by atoms with E-state index in [1.807, 2.05) is 6.07 Å². The predicted octanol–water partition coefficient (Wildman–Crippen LogP) is 2.16. The van der Waals surface area contributed by atoms with E-state index in [1.165, 1.54) is 4.57 Å². The molecular formula is C19H18N2O4. The van der Waals surface area contributed by atoms with Crippen molar-refractivity contribution in [2.45, 2.75) is 0 Å². The van der Waals surface area contributed by atoms with Gasteiger partial charge in [-0.3, -0.25) is 9.59 Å². The van der Waals surface area contributed by atoms with E-state index in [4.69, 9.17) is 9.84 Å². The standard InChI is InChI=1S/C19H18N2O4/c1-21-17-8-7-15(25-10-9-22)11-13(17)12-16(19(21)24)18(23)20-14-5-3-2-4-6-14/h2-8,11-12,22H,9-10H2,1H3,(H,20,23). The van der Waals surface area contributed by atoms with Gasteiger partial charge in [0.15, 0.2) is 0 Å². The lowest BCUT2D eigenvalue weighted by atomic mass is 10.1. The van der Waals surface area contributed by atoms with E-state index >= 15 is 0 Å². The molecule has 2 aromatic carbocycles. The van der Waals surface area contributed by atoms with E-state index in [0.29, 0.717) is 22.3 Å². The molecular weight excluding hydrogens is 320 g/mol. The van der Waals surface area contributed by atoms with Crippen LogP contribution in [0.4, 0.5) is 5.69 Å². The summed E-state index contributed by atoms with van der Waals surface area (Å²) in [6.07, 6.45) is 0. The second kappa shape index (κ2) is 7.19. The van der Waals surface area contributed by atoms with Crippen molar-refractivity contribution in [1.82, 2.24) is 4.57 Å². The molecule has 0 atom stereocenters. The number of aliphatic hydroxyl groups excluding tert-OH is 1. The van der Waals surface area contributed by atoms with E-state index in [0.717, 1.165) is 0 Å². The quantitative estimate of drug-likeness (QED) is 0.747. The van der Waals surface area contributed by atoms with Crippen LogP contribution in [0.5, 0.6) is 5.75 Å². The van der Waals surface area contributed by atoms with Crippen LogP contribution in [0.2, 0.25) is 0 Å². The smallest absolute Gasteiger partial charge is 0.263 e. The van der Waals surface area contributed by atoms with Crippen molar-refractivity contribution in [3.05, 3.63) is 70.5 Å². The van der Waals surface area contributed by atoms with Crippen LogP contribution in [0.25, 0.3) is 10.9 Å². The average Bonchev–Trinajstić information content (AvgIpc) is 2.63. The number of hydrogen-bond donors (Lipinski definition) is 2. The third-order valence-electron chi connectivity index (χ3n) is 3.83. The number of amides is 1. The number of hydrogen-bond acceptors (Lipinski definition) is 4. The first-order valence-corrected chi connectivity index (χ1v) is 7.84. The second-order valence-electron chi connectivity index (χ2n) is 5.54. The molecule has 6 nitrogen and oxygen atoms in total. The molecule has 1 heterocycles. The van der Waals surface area contributed by atoms with Gasteiger partial charge in [0.1, 0.15) is 17.9 Å². The van der Waals surface area contributed by atoms with Crippen molar-refractivity contribution < 1.29 is 14.6 Å². The fraction of sp³-hybridized carbons (Fsp3) is 0.158. The van der Waals surface area contributed by atoms with Crippen molar-refractivity contribution in [2.75, 3.05) is 18.5 Å². The van der Waals surface area contributed by atoms with E-state index in [2.05, 4.69) is 5.32 Å². The molecule has 0 aliphatic rings. The van der Waals surface area contributed by atoms with E-state index in [1.54, 1.807) is 55.6 Å². The van der Waals surface area contributed by atoms with Gasteiger partial charge in [0.2, 0.25) is 0 Å². The highest BCUT2D eigenvalue weighted by atomic mass is 16.5. The Bertz CT molecular complexity index is 964. The minimum atomic E-state index is -0.463. The van der Waals surface area contributed by atoms with Gasteiger partial charge in [-0.05, 0) is 36.4 Å². The number of para-hydroxylation sites is 1. The predicted molar refractivity (Wildman–Crippen MR) is 96.2 cm³/mol. The molecule has 0 radical (unpaired) electrons. The van der Waals surface area contributed by atoms with E-state index in [-0.39, 0.29) is 24.3 Å². The molecule has 128 valence electrons. The Balaban J connectivity index is 2.00. The maximum atomic E-state index is 12.5. The lowest BCUT2D eigenvalue weighted by Gasteiger charge is -2.11. The summed E-state index contributed by atoms with van der Waals surface area (Å²) in [5.41, 5.74) is 0.996. The Hall–Kier alpha value is -3.12. The van der Waals surface area contributed by atoms with Gasteiger partial charge in [-0.2, -0.15) is 0 Å². The summed E-state index contributed by atoms with van der Waals surface area (Å²) in [6.45, 7) is 0.0919. The highest BCUT2D eigenvalue weighted by molar-refractivity contribution is 6.05. The molecule has 0 unspecified atom stereocenters. The van der Waals surface area contributed by atoms with Crippen LogP contribution in [-0.4, -0.2) is 28.8 Å². The molecule has 0 saturated heterocycles. The SMILES string of the molecule is Cn1c(=O)c(C(=O)Nc2ccccc2)cc2cc(OCCO)ccc21. The maximum absolute atomic E-state index is 12.5. The highest BCUT2D eigenvalue weighted by Crippen LogP contribution is 2.21. The third kappa shape index (κ3) is 3.54. The van der Waals surface area contributed by atoms with Gasteiger partial charge in [0.25, 0.3) is 11.5 Å². The van der Waals surface area contributed by atoms with Crippen LogP contribution in [0.1, 0.15) is 10.4 Å². The van der Waals surface area contributed by atoms with Crippen molar-refractivity contribution in [1.29, 1.82) is 0 Å². The van der Waals surface area contributed by atoms with Crippen LogP contribution in [0, 0.1) is 0 Å². The van der Waals surface area contributed by atoms with E-state index < -0.39 is 5.91 Å². The Morgan fingerprint density at radius 3 is 2.64 bits per heavy atom. The zero-order chi connectivity index (χ0) is 17.8. The minimum Gasteiger partial charge on any atom is -0.491 e. The molecule has 1 amide bonds. The molecule has 25 heavy (non-hydrogen) atoms. The molecule has 0 spiro atoms. The molecule has 1 aromatic heterocycles. The van der Waals surface area contributed by atoms with Crippen LogP contribution in [0.15, 0.2) is 59.4 Å². The number of aliphatic hydroxyl groups is 1. The van der Waals surface area contributed by atoms with Crippen molar-refractivity contribution in [2.24, 2.45) is 7.05 Å². The van der Waals surface area contributed by atoms with Crippen LogP contribution in [0.3, 0.4) is 0 Å². The number of fused-ring (bicyclic) bond motifs is 1. The van der Waals surface area contributed by atoms with Gasteiger partial charge < -0.3 is 19.7 Å². The molecule has 0 aliphatic heterocycles. The summed E-state index contributed by atoms with van der Waals surface area (Å²) >= 11 is 0. The number of ether oxygens (including phenoxy) is 1. The number of aromatic nitrogens is 1. The molecule has 0 fully saturated rings. The van der Waals surface area contributed by atoms with Gasteiger partial charge in [0.05, 0.1) is 12.1 Å². The monoisotopic (exact) mass is 338 g/mol. The third-order valence-corrected chi connectivity index (χ3v) is 3.83. The summed E-state index contributed by atoms with van der Waals surface area (Å²) in [5, 5.41) is 12.3. The van der Waals surface area contributed by atoms with Gasteiger partial charge in [-0.15, -0.1) is 0 Å². The number of benzene rings is 2. The summed E-state index contributed by atoms with van der Waals surface area (Å²) < 4.78 is 6.83. The van der Waals surface area contributed by atoms with Gasteiger partial charge >= 0.3 is 0 Å². The van der Waals surface area contributed by atoms with Crippen molar-refractivity contribution in [3.8, 4) is 5.75 Å². The van der Waals surface area contributed by atoms with Crippen molar-refractivity contribution >= 4 is 22.5 Å². The molecule has 0 saturated carbocycles. The van der Waals surface area contributed by atoms with Gasteiger partial charge in [-0.1, -0.05) is 18.2 Å². The molecule has 2 N–H and O–H groups in total. The molecule has 0 aliphatic carbocycles. The number of carbonyl (C=O) groups excluding carboxylic acids is 1. The number of carbonyl (C=O) groups is 1.